The topological polar surface area (TPSA) is 68.2 Å². The highest BCUT2D eigenvalue weighted by Gasteiger charge is 2.31. The Bertz CT molecular complexity index is 834. The normalized spacial score (nSPS) is 18.7. The van der Waals surface area contributed by atoms with Crippen LogP contribution in [-0.4, -0.2) is 36.3 Å². The maximum atomic E-state index is 8.54. The Balaban J connectivity index is 0.000000221. The van der Waals surface area contributed by atoms with Crippen LogP contribution < -0.4 is 0 Å². The third-order valence-electron chi connectivity index (χ3n) is 5.64. The van der Waals surface area contributed by atoms with E-state index in [1.165, 1.54) is 5.56 Å². The smallest absolute Gasteiger partial charge is 0.160 e. The number of hydrogen-bond donors (Lipinski definition) is 2. The predicted molar refractivity (Wildman–Crippen MR) is 140 cm³/mol. The van der Waals surface area contributed by atoms with Crippen LogP contribution in [0.3, 0.4) is 0 Å². The van der Waals surface area contributed by atoms with Gasteiger partial charge in [-0.2, -0.15) is 0 Å². The lowest BCUT2D eigenvalue weighted by Gasteiger charge is -2.13. The summed E-state index contributed by atoms with van der Waals surface area (Å²) in [5, 5.41) is 17.1. The van der Waals surface area contributed by atoms with Gasteiger partial charge in [0.15, 0.2) is 6.29 Å². The third-order valence-corrected chi connectivity index (χ3v) is 5.64. The Hall–Kier alpha value is -2.54. The highest BCUT2D eigenvalue weighted by Crippen LogP contribution is 2.28. The standard InChI is InChI=1S/C16H24O3.2C7H8O/c1-13-11-15(19-16(13)17-2)9-6-10-18-12-14-7-4-3-5-8-14;2*8-6-7-4-2-1-3-5-7/h3-5,7-8,13,15-16H,6,9-12H2,1-2H3;2*1-5,8H,6H2. The molecule has 1 fully saturated rings. The zero-order chi connectivity index (χ0) is 25.1. The molecule has 0 bridgehead atoms. The van der Waals surface area contributed by atoms with Gasteiger partial charge in [0.25, 0.3) is 0 Å². The van der Waals surface area contributed by atoms with Crippen molar-refractivity contribution in [1.29, 1.82) is 0 Å². The molecule has 3 atom stereocenters. The maximum Gasteiger partial charge on any atom is 0.160 e. The molecular formula is C30H40O5. The number of aliphatic hydroxyl groups excluding tert-OH is 2. The predicted octanol–water partition coefficient (Wildman–Crippen LogP) is 5.74. The first-order valence-corrected chi connectivity index (χ1v) is 12.3. The molecule has 3 aromatic carbocycles. The van der Waals surface area contributed by atoms with E-state index in [0.717, 1.165) is 37.0 Å². The summed E-state index contributed by atoms with van der Waals surface area (Å²) in [6, 6.07) is 29.3. The largest absolute Gasteiger partial charge is 0.392 e. The second-order valence-corrected chi connectivity index (χ2v) is 8.54. The summed E-state index contributed by atoms with van der Waals surface area (Å²) in [6.45, 7) is 3.95. The first-order valence-electron chi connectivity index (χ1n) is 12.3. The van der Waals surface area contributed by atoms with Crippen molar-refractivity contribution in [2.45, 2.75) is 58.4 Å². The molecule has 190 valence electrons. The lowest BCUT2D eigenvalue weighted by atomic mass is 10.0. The van der Waals surface area contributed by atoms with E-state index in [9.17, 15) is 0 Å². The molecule has 0 amide bonds. The second-order valence-electron chi connectivity index (χ2n) is 8.54. The number of benzene rings is 3. The molecule has 0 aliphatic carbocycles. The number of rotatable bonds is 9. The summed E-state index contributed by atoms with van der Waals surface area (Å²) in [4.78, 5) is 0. The fraction of sp³-hybridized carbons (Fsp3) is 0.400. The molecule has 1 heterocycles. The number of ether oxygens (including phenoxy) is 3. The maximum absolute atomic E-state index is 8.54. The highest BCUT2D eigenvalue weighted by atomic mass is 16.7. The van der Waals surface area contributed by atoms with Crippen LogP contribution >= 0.6 is 0 Å². The molecule has 0 radical (unpaired) electrons. The zero-order valence-electron chi connectivity index (χ0n) is 21.0. The molecule has 2 N–H and O–H groups in total. The molecule has 4 rings (SSSR count). The van der Waals surface area contributed by atoms with Gasteiger partial charge in [-0.15, -0.1) is 0 Å². The molecule has 0 saturated carbocycles. The van der Waals surface area contributed by atoms with Gasteiger partial charge in [0.2, 0.25) is 0 Å². The van der Waals surface area contributed by atoms with Crippen molar-refractivity contribution in [1.82, 2.24) is 0 Å². The van der Waals surface area contributed by atoms with Gasteiger partial charge in [0.1, 0.15) is 0 Å². The minimum atomic E-state index is -0.0183. The van der Waals surface area contributed by atoms with Gasteiger partial charge in [-0.1, -0.05) is 97.9 Å². The van der Waals surface area contributed by atoms with Crippen LogP contribution in [-0.2, 0) is 34.0 Å². The van der Waals surface area contributed by atoms with Crippen molar-refractivity contribution >= 4 is 0 Å². The van der Waals surface area contributed by atoms with Crippen molar-refractivity contribution in [3.63, 3.8) is 0 Å². The average molecular weight is 481 g/mol. The van der Waals surface area contributed by atoms with E-state index in [0.29, 0.717) is 18.6 Å². The van der Waals surface area contributed by atoms with Crippen LogP contribution in [0.2, 0.25) is 0 Å². The Kier molecular flexibility index (Phi) is 14.6. The quantitative estimate of drug-likeness (QED) is 0.382. The van der Waals surface area contributed by atoms with Gasteiger partial charge in [-0.3, -0.25) is 0 Å². The number of aliphatic hydroxyl groups is 2. The fourth-order valence-corrected chi connectivity index (χ4v) is 3.72. The van der Waals surface area contributed by atoms with Crippen LogP contribution in [0.4, 0.5) is 0 Å². The summed E-state index contributed by atoms with van der Waals surface area (Å²) in [7, 11) is 1.71. The number of hydrogen-bond acceptors (Lipinski definition) is 5. The van der Waals surface area contributed by atoms with Crippen LogP contribution in [0.15, 0.2) is 91.0 Å². The van der Waals surface area contributed by atoms with Gasteiger partial charge >= 0.3 is 0 Å². The molecule has 1 aliphatic heterocycles. The summed E-state index contributed by atoms with van der Waals surface area (Å²) in [5.74, 6) is 0.500. The van der Waals surface area contributed by atoms with E-state index in [1.807, 2.05) is 78.9 Å². The van der Waals surface area contributed by atoms with Crippen molar-refractivity contribution in [3.05, 3.63) is 108 Å². The molecule has 1 saturated heterocycles. The van der Waals surface area contributed by atoms with Crippen LogP contribution in [0, 0.1) is 5.92 Å². The monoisotopic (exact) mass is 480 g/mol. The van der Waals surface area contributed by atoms with E-state index in [2.05, 4.69) is 19.1 Å². The SMILES string of the molecule is COC1OC(CCCOCc2ccccc2)CC1C.OCc1ccccc1.OCc1ccccc1. The van der Waals surface area contributed by atoms with Gasteiger partial charge in [-0.25, -0.2) is 0 Å². The Labute approximate surface area is 210 Å². The Morgan fingerprint density at radius 1 is 0.771 bits per heavy atom. The lowest BCUT2D eigenvalue weighted by Crippen LogP contribution is -2.16. The van der Waals surface area contributed by atoms with Gasteiger partial charge in [0, 0.05) is 19.6 Å². The van der Waals surface area contributed by atoms with Crippen LogP contribution in [0.1, 0.15) is 42.9 Å². The first-order chi connectivity index (χ1) is 17.2. The molecule has 5 nitrogen and oxygen atoms in total. The van der Waals surface area contributed by atoms with Crippen molar-refractivity contribution in [2.75, 3.05) is 13.7 Å². The minimum absolute atomic E-state index is 0.0183. The molecule has 0 spiro atoms. The van der Waals surface area contributed by atoms with E-state index in [-0.39, 0.29) is 19.5 Å². The fourth-order valence-electron chi connectivity index (χ4n) is 3.72. The molecular weight excluding hydrogens is 440 g/mol. The van der Waals surface area contributed by atoms with E-state index in [1.54, 1.807) is 7.11 Å². The van der Waals surface area contributed by atoms with Crippen molar-refractivity contribution < 1.29 is 24.4 Å². The molecule has 1 aliphatic rings. The van der Waals surface area contributed by atoms with Crippen LogP contribution in [0.25, 0.3) is 0 Å². The zero-order valence-corrected chi connectivity index (χ0v) is 21.0. The summed E-state index contributed by atoms with van der Waals surface area (Å²) in [6.07, 6.45) is 3.51. The Morgan fingerprint density at radius 3 is 1.66 bits per heavy atom. The molecule has 35 heavy (non-hydrogen) atoms. The summed E-state index contributed by atoms with van der Waals surface area (Å²) >= 11 is 0. The van der Waals surface area contributed by atoms with Crippen LogP contribution in [0.5, 0.6) is 0 Å². The highest BCUT2D eigenvalue weighted by molar-refractivity contribution is 5.14. The molecule has 3 unspecified atom stereocenters. The summed E-state index contributed by atoms with van der Waals surface area (Å²) < 4.78 is 16.8. The van der Waals surface area contributed by atoms with E-state index >= 15 is 0 Å². The summed E-state index contributed by atoms with van der Waals surface area (Å²) in [5.41, 5.74) is 3.16. The molecule has 3 aromatic rings. The molecule has 0 aromatic heterocycles. The van der Waals surface area contributed by atoms with Crippen molar-refractivity contribution in [2.24, 2.45) is 5.92 Å². The first kappa shape index (κ1) is 28.7. The third kappa shape index (κ3) is 12.1. The minimum Gasteiger partial charge on any atom is -0.392 e. The second kappa shape index (κ2) is 17.8. The Morgan fingerprint density at radius 2 is 1.26 bits per heavy atom. The van der Waals surface area contributed by atoms with Crippen molar-refractivity contribution in [3.8, 4) is 0 Å². The van der Waals surface area contributed by atoms with E-state index < -0.39 is 0 Å². The molecule has 5 heteroatoms. The average Bonchev–Trinajstić information content (AvgIpc) is 3.30. The van der Waals surface area contributed by atoms with Gasteiger partial charge in [0.05, 0.1) is 25.9 Å². The van der Waals surface area contributed by atoms with E-state index in [4.69, 9.17) is 24.4 Å². The lowest BCUT2D eigenvalue weighted by molar-refractivity contribution is -0.130. The van der Waals surface area contributed by atoms with Gasteiger partial charge in [-0.05, 0) is 36.0 Å². The number of methoxy groups -OCH3 is 1. The van der Waals surface area contributed by atoms with Gasteiger partial charge < -0.3 is 24.4 Å².